The Balaban J connectivity index is 2.08. The molecular formula is C13H12BrClN2O2S. The Labute approximate surface area is 130 Å². The van der Waals surface area contributed by atoms with Crippen LogP contribution in [-0.4, -0.2) is 38.0 Å². The van der Waals surface area contributed by atoms with Gasteiger partial charge in [0.1, 0.15) is 0 Å². The van der Waals surface area contributed by atoms with Gasteiger partial charge in [0.15, 0.2) is 9.84 Å². The molecule has 4 nitrogen and oxygen atoms in total. The highest BCUT2D eigenvalue weighted by molar-refractivity contribution is 9.10. The molecule has 1 aromatic carbocycles. The summed E-state index contributed by atoms with van der Waals surface area (Å²) in [5, 5.41) is 1.52. The minimum absolute atomic E-state index is 0.193. The summed E-state index contributed by atoms with van der Waals surface area (Å²) in [5.41, 5.74) is 1.72. The van der Waals surface area contributed by atoms with Crippen molar-refractivity contribution in [3.05, 3.63) is 33.9 Å². The summed E-state index contributed by atoms with van der Waals surface area (Å²) in [7, 11) is -2.89. The summed E-state index contributed by atoms with van der Waals surface area (Å²) in [6.07, 6.45) is 1.71. The fraction of sp³-hybridized carbons (Fsp3) is 0.308. The van der Waals surface area contributed by atoms with Gasteiger partial charge >= 0.3 is 0 Å². The van der Waals surface area contributed by atoms with Crippen molar-refractivity contribution in [3.8, 4) is 0 Å². The van der Waals surface area contributed by atoms with E-state index < -0.39 is 9.84 Å². The van der Waals surface area contributed by atoms with Crippen molar-refractivity contribution in [2.24, 2.45) is 0 Å². The van der Waals surface area contributed by atoms with Gasteiger partial charge in [-0.2, -0.15) is 0 Å². The zero-order valence-corrected chi connectivity index (χ0v) is 13.7. The molecule has 0 N–H and O–H groups in total. The first-order valence-electron chi connectivity index (χ1n) is 6.15. The number of benzene rings is 1. The average Bonchev–Trinajstić information content (AvgIpc) is 2.38. The lowest BCUT2D eigenvalue weighted by atomic mass is 10.1. The number of halogens is 2. The van der Waals surface area contributed by atoms with Crippen LogP contribution in [0.3, 0.4) is 0 Å². The summed E-state index contributed by atoms with van der Waals surface area (Å²) in [4.78, 5) is 6.39. The van der Waals surface area contributed by atoms with E-state index in [9.17, 15) is 8.42 Å². The van der Waals surface area contributed by atoms with Crippen LogP contribution in [0.25, 0.3) is 10.9 Å². The van der Waals surface area contributed by atoms with E-state index >= 15 is 0 Å². The molecule has 0 unspecified atom stereocenters. The Bertz CT molecular complexity index is 765. The van der Waals surface area contributed by atoms with Gasteiger partial charge in [0.05, 0.1) is 22.0 Å². The van der Waals surface area contributed by atoms with Crippen LogP contribution >= 0.6 is 27.5 Å². The maximum absolute atomic E-state index is 11.5. The number of aromatic nitrogens is 1. The predicted octanol–water partition coefficient (Wildman–Crippen LogP) is 2.89. The van der Waals surface area contributed by atoms with E-state index in [0.29, 0.717) is 18.1 Å². The van der Waals surface area contributed by atoms with Crippen LogP contribution in [0.1, 0.15) is 0 Å². The van der Waals surface area contributed by atoms with Gasteiger partial charge in [-0.15, -0.1) is 0 Å². The Morgan fingerprint density at radius 1 is 1.25 bits per heavy atom. The van der Waals surface area contributed by atoms with E-state index in [2.05, 4.69) is 25.8 Å². The second-order valence-electron chi connectivity index (χ2n) is 4.75. The van der Waals surface area contributed by atoms with Gasteiger partial charge < -0.3 is 4.90 Å². The Morgan fingerprint density at radius 3 is 2.65 bits per heavy atom. The maximum Gasteiger partial charge on any atom is 0.153 e. The normalized spacial score (nSPS) is 18.4. The van der Waals surface area contributed by atoms with Crippen LogP contribution in [0.4, 0.5) is 5.69 Å². The topological polar surface area (TPSA) is 50.3 Å². The lowest BCUT2D eigenvalue weighted by molar-refractivity contribution is 0.587. The molecule has 106 valence electrons. The monoisotopic (exact) mass is 374 g/mol. The van der Waals surface area contributed by atoms with Crippen LogP contribution in [0.5, 0.6) is 0 Å². The number of rotatable bonds is 1. The van der Waals surface area contributed by atoms with Gasteiger partial charge in [-0.3, -0.25) is 4.98 Å². The summed E-state index contributed by atoms with van der Waals surface area (Å²) in [6.45, 7) is 1.01. The van der Waals surface area contributed by atoms with E-state index in [1.165, 1.54) is 0 Å². The number of pyridine rings is 1. The first-order chi connectivity index (χ1) is 9.46. The number of nitrogens with zero attached hydrogens (tertiary/aromatic N) is 2. The third kappa shape index (κ3) is 2.64. The zero-order valence-electron chi connectivity index (χ0n) is 10.5. The van der Waals surface area contributed by atoms with Crippen LogP contribution < -0.4 is 4.90 Å². The van der Waals surface area contributed by atoms with E-state index in [1.54, 1.807) is 12.3 Å². The van der Waals surface area contributed by atoms with E-state index in [4.69, 9.17) is 11.6 Å². The lowest BCUT2D eigenvalue weighted by Crippen LogP contribution is -2.40. The van der Waals surface area contributed by atoms with E-state index in [0.717, 1.165) is 21.1 Å². The fourth-order valence-corrected chi connectivity index (χ4v) is 4.45. The summed E-state index contributed by atoms with van der Waals surface area (Å²) >= 11 is 9.64. The zero-order chi connectivity index (χ0) is 14.3. The molecule has 0 bridgehead atoms. The van der Waals surface area contributed by atoms with E-state index in [-0.39, 0.29) is 11.5 Å². The molecule has 1 aliphatic rings. The quantitative estimate of drug-likeness (QED) is 0.769. The minimum Gasteiger partial charge on any atom is -0.369 e. The summed E-state index contributed by atoms with van der Waals surface area (Å²) in [5.74, 6) is 0.386. The van der Waals surface area contributed by atoms with Gasteiger partial charge in [-0.05, 0) is 18.2 Å². The van der Waals surface area contributed by atoms with Crippen LogP contribution in [0, 0.1) is 0 Å². The Kier molecular flexibility index (Phi) is 3.64. The highest BCUT2D eigenvalue weighted by Gasteiger charge is 2.23. The predicted molar refractivity (Wildman–Crippen MR) is 85.3 cm³/mol. The number of fused-ring (bicyclic) bond motifs is 1. The van der Waals surface area contributed by atoms with Crippen molar-refractivity contribution in [2.75, 3.05) is 29.5 Å². The summed E-state index contributed by atoms with van der Waals surface area (Å²) < 4.78 is 23.9. The van der Waals surface area contributed by atoms with Gasteiger partial charge in [-0.25, -0.2) is 8.42 Å². The van der Waals surface area contributed by atoms with Gasteiger partial charge in [-0.1, -0.05) is 27.5 Å². The van der Waals surface area contributed by atoms with Crippen molar-refractivity contribution >= 4 is 54.0 Å². The molecule has 1 fully saturated rings. The molecule has 0 atom stereocenters. The van der Waals surface area contributed by atoms with Crippen molar-refractivity contribution in [1.82, 2.24) is 4.98 Å². The molecule has 0 saturated carbocycles. The third-order valence-electron chi connectivity index (χ3n) is 3.43. The lowest BCUT2D eigenvalue weighted by Gasteiger charge is -2.29. The smallest absolute Gasteiger partial charge is 0.153 e. The fourth-order valence-electron chi connectivity index (χ4n) is 2.39. The van der Waals surface area contributed by atoms with Gasteiger partial charge in [0.2, 0.25) is 0 Å². The molecule has 0 radical (unpaired) electrons. The standard InChI is InChI=1S/C13H12BrClN2O2S/c14-9-7-10-12(1-2-16-13(10)11(15)8-9)17-3-5-20(18,19)6-4-17/h1-2,7-8H,3-6H2. The molecule has 1 saturated heterocycles. The number of sulfone groups is 1. The molecule has 1 aliphatic heterocycles. The second kappa shape index (κ2) is 5.16. The molecule has 0 amide bonds. The van der Waals surface area contributed by atoms with Crippen LogP contribution in [0.2, 0.25) is 5.02 Å². The Morgan fingerprint density at radius 2 is 1.95 bits per heavy atom. The number of hydrogen-bond donors (Lipinski definition) is 0. The molecule has 20 heavy (non-hydrogen) atoms. The minimum atomic E-state index is -2.89. The van der Waals surface area contributed by atoms with Crippen LogP contribution in [0.15, 0.2) is 28.9 Å². The van der Waals surface area contributed by atoms with Gasteiger partial charge in [0.25, 0.3) is 0 Å². The molecule has 1 aromatic heterocycles. The molecular weight excluding hydrogens is 364 g/mol. The number of hydrogen-bond acceptors (Lipinski definition) is 4. The SMILES string of the molecule is O=S1(=O)CCN(c2ccnc3c(Cl)cc(Br)cc23)CC1. The largest absolute Gasteiger partial charge is 0.369 e. The highest BCUT2D eigenvalue weighted by atomic mass is 79.9. The maximum atomic E-state index is 11.5. The van der Waals surface area contributed by atoms with Crippen molar-refractivity contribution in [2.45, 2.75) is 0 Å². The van der Waals surface area contributed by atoms with Crippen molar-refractivity contribution in [3.63, 3.8) is 0 Å². The average molecular weight is 376 g/mol. The third-order valence-corrected chi connectivity index (χ3v) is 5.78. The first-order valence-corrected chi connectivity index (χ1v) is 9.15. The van der Waals surface area contributed by atoms with Crippen molar-refractivity contribution < 1.29 is 8.42 Å². The molecule has 0 spiro atoms. The van der Waals surface area contributed by atoms with E-state index in [1.807, 2.05) is 12.1 Å². The van der Waals surface area contributed by atoms with Gasteiger partial charge in [0, 0.05) is 34.8 Å². The highest BCUT2D eigenvalue weighted by Crippen LogP contribution is 2.33. The second-order valence-corrected chi connectivity index (χ2v) is 8.38. The molecule has 2 heterocycles. The molecule has 2 aromatic rings. The molecule has 7 heteroatoms. The Hall–Kier alpha value is -0.850. The van der Waals surface area contributed by atoms with Crippen LogP contribution in [-0.2, 0) is 9.84 Å². The molecule has 0 aliphatic carbocycles. The van der Waals surface area contributed by atoms with Crippen molar-refractivity contribution in [1.29, 1.82) is 0 Å². The number of anilines is 1. The summed E-state index contributed by atoms with van der Waals surface area (Å²) in [6, 6.07) is 5.68. The first kappa shape index (κ1) is 14.1. The molecule has 3 rings (SSSR count).